The van der Waals surface area contributed by atoms with E-state index < -0.39 is 11.8 Å². The summed E-state index contributed by atoms with van der Waals surface area (Å²) in [5.41, 5.74) is -0.0519. The van der Waals surface area contributed by atoms with E-state index >= 15 is 0 Å². The Kier molecular flexibility index (Phi) is 4.79. The van der Waals surface area contributed by atoms with Crippen LogP contribution in [0.3, 0.4) is 0 Å². The second-order valence-corrected chi connectivity index (χ2v) is 6.56. The number of esters is 1. The van der Waals surface area contributed by atoms with Gasteiger partial charge in [0.15, 0.2) is 0 Å². The third-order valence-corrected chi connectivity index (χ3v) is 4.50. The topological polar surface area (TPSA) is 57.7 Å². The number of aromatic nitrogens is 1. The molecule has 1 fully saturated rings. The molecule has 1 aromatic heterocycles. The largest absolute Gasteiger partial charge is 0.488 e. The summed E-state index contributed by atoms with van der Waals surface area (Å²) >= 11 is 6.98. The van der Waals surface area contributed by atoms with Gasteiger partial charge in [0.2, 0.25) is 0 Å². The predicted molar refractivity (Wildman–Crippen MR) is 83.7 cm³/mol. The number of methoxy groups -OCH3 is 1. The van der Waals surface area contributed by atoms with Crippen LogP contribution >= 0.6 is 22.9 Å². The maximum absolute atomic E-state index is 14.6. The lowest BCUT2D eigenvalue weighted by Crippen LogP contribution is -2.16. The molecule has 1 aliphatic rings. The van der Waals surface area contributed by atoms with E-state index in [0.29, 0.717) is 28.3 Å². The van der Waals surface area contributed by atoms with Crippen molar-refractivity contribution in [3.63, 3.8) is 0 Å². The number of hydrogen-bond donors (Lipinski definition) is 0. The lowest BCUT2D eigenvalue weighted by molar-refractivity contribution is 0.0594. The summed E-state index contributed by atoms with van der Waals surface area (Å²) < 4.78 is 30.7. The van der Waals surface area contributed by atoms with Gasteiger partial charge in [0, 0.05) is 6.42 Å². The van der Waals surface area contributed by atoms with E-state index in [-0.39, 0.29) is 17.2 Å². The maximum atomic E-state index is 14.6. The molecule has 0 amide bonds. The lowest BCUT2D eigenvalue weighted by atomic mass is 10.1. The van der Waals surface area contributed by atoms with Crippen LogP contribution in [0.5, 0.6) is 5.75 Å². The fraction of sp³-hybridized carbons (Fsp3) is 0.333. The monoisotopic (exact) mass is 357 g/mol. The molecule has 2 aromatic rings. The highest BCUT2D eigenvalue weighted by atomic mass is 35.5. The normalized spacial score (nSPS) is 17.3. The van der Waals surface area contributed by atoms with Gasteiger partial charge >= 0.3 is 5.97 Å². The first-order chi connectivity index (χ1) is 11.1. The lowest BCUT2D eigenvalue weighted by Gasteiger charge is -2.14. The number of rotatable bonds is 4. The molecule has 2 heterocycles. The van der Waals surface area contributed by atoms with Gasteiger partial charge in [-0.2, -0.15) is 0 Å². The van der Waals surface area contributed by atoms with Gasteiger partial charge in [0.1, 0.15) is 27.0 Å². The second kappa shape index (κ2) is 6.82. The first-order valence-corrected chi connectivity index (χ1v) is 8.06. The van der Waals surface area contributed by atoms with Gasteiger partial charge in [-0.3, -0.25) is 0 Å². The minimum Gasteiger partial charge on any atom is -0.488 e. The van der Waals surface area contributed by atoms with Gasteiger partial charge < -0.3 is 14.2 Å². The Balaban J connectivity index is 2.03. The number of ether oxygens (including phenoxy) is 3. The number of halogens is 2. The van der Waals surface area contributed by atoms with E-state index in [4.69, 9.17) is 21.1 Å². The average Bonchev–Trinajstić information content (AvgIpc) is 3.19. The number of nitrogens with zero attached hydrogens (tertiary/aromatic N) is 1. The molecule has 0 aliphatic carbocycles. The molecule has 1 aromatic carbocycles. The summed E-state index contributed by atoms with van der Waals surface area (Å²) in [6.45, 7) is 1.08. The van der Waals surface area contributed by atoms with Crippen molar-refractivity contribution >= 4 is 28.9 Å². The van der Waals surface area contributed by atoms with Gasteiger partial charge in [-0.25, -0.2) is 14.2 Å². The smallest absolute Gasteiger partial charge is 0.341 e. The summed E-state index contributed by atoms with van der Waals surface area (Å²) in [6.07, 6.45) is 2.04. The Bertz CT molecular complexity index is 730. The Morgan fingerprint density at radius 1 is 1.52 bits per heavy atom. The molecule has 1 atom stereocenters. The van der Waals surface area contributed by atoms with Crippen LogP contribution in [0.4, 0.5) is 4.39 Å². The van der Waals surface area contributed by atoms with E-state index in [1.54, 1.807) is 0 Å². The number of hydrogen-bond acceptors (Lipinski definition) is 6. The first-order valence-electron chi connectivity index (χ1n) is 6.86. The first kappa shape index (κ1) is 16.2. The Morgan fingerprint density at radius 2 is 2.35 bits per heavy atom. The van der Waals surface area contributed by atoms with Crippen molar-refractivity contribution in [1.29, 1.82) is 0 Å². The maximum Gasteiger partial charge on any atom is 0.341 e. The molecule has 5 nitrogen and oxygen atoms in total. The molecule has 0 saturated carbocycles. The van der Waals surface area contributed by atoms with Crippen molar-refractivity contribution in [1.82, 2.24) is 4.98 Å². The standard InChI is InChI=1S/C15H13ClFNO4S/c1-20-15(19)11-5-9(22-8-2-3-21-7-8)4-10(13(11)17)14-18-6-12(16)23-14/h4-6,8H,2-3,7H2,1H3. The summed E-state index contributed by atoms with van der Waals surface area (Å²) in [7, 11) is 1.19. The molecule has 1 unspecified atom stereocenters. The van der Waals surface area contributed by atoms with Gasteiger partial charge in [0.05, 0.1) is 37.6 Å². The molecular weight excluding hydrogens is 345 g/mol. The third-order valence-electron chi connectivity index (χ3n) is 3.35. The molecule has 0 bridgehead atoms. The van der Waals surface area contributed by atoms with Crippen LogP contribution in [0.2, 0.25) is 4.34 Å². The van der Waals surface area contributed by atoms with Crippen molar-refractivity contribution in [3.8, 4) is 16.3 Å². The number of thiazole rings is 1. The van der Waals surface area contributed by atoms with Gasteiger partial charge in [-0.1, -0.05) is 11.6 Å². The molecule has 1 aliphatic heterocycles. The summed E-state index contributed by atoms with van der Waals surface area (Å²) in [4.78, 5) is 15.9. The van der Waals surface area contributed by atoms with Crippen LogP contribution in [0.15, 0.2) is 18.3 Å². The predicted octanol–water partition coefficient (Wildman–Crippen LogP) is 3.56. The molecule has 8 heteroatoms. The Morgan fingerprint density at radius 3 is 2.96 bits per heavy atom. The van der Waals surface area contributed by atoms with Gasteiger partial charge in [-0.05, 0) is 12.1 Å². The van der Waals surface area contributed by atoms with E-state index in [9.17, 15) is 9.18 Å². The zero-order chi connectivity index (χ0) is 16.4. The fourth-order valence-corrected chi connectivity index (χ4v) is 3.18. The zero-order valence-corrected chi connectivity index (χ0v) is 13.7. The molecular formula is C15H13ClFNO4S. The minimum absolute atomic E-state index is 0.126. The third kappa shape index (κ3) is 3.46. The molecule has 0 N–H and O–H groups in total. The second-order valence-electron chi connectivity index (χ2n) is 4.90. The fourth-order valence-electron chi connectivity index (χ4n) is 2.26. The van der Waals surface area contributed by atoms with E-state index in [1.807, 2.05) is 0 Å². The quantitative estimate of drug-likeness (QED) is 0.783. The van der Waals surface area contributed by atoms with E-state index in [0.717, 1.165) is 17.8 Å². The van der Waals surface area contributed by atoms with Crippen LogP contribution in [0, 0.1) is 5.82 Å². The molecule has 3 rings (SSSR count). The van der Waals surface area contributed by atoms with Gasteiger partial charge in [-0.15, -0.1) is 11.3 Å². The van der Waals surface area contributed by atoms with Crippen LogP contribution in [0.1, 0.15) is 16.8 Å². The molecule has 0 spiro atoms. The van der Waals surface area contributed by atoms with Crippen LogP contribution < -0.4 is 4.74 Å². The van der Waals surface area contributed by atoms with Crippen LogP contribution in [-0.2, 0) is 9.47 Å². The van der Waals surface area contributed by atoms with Crippen molar-refractivity contribution in [3.05, 3.63) is 34.0 Å². The highest BCUT2D eigenvalue weighted by molar-refractivity contribution is 7.18. The number of carbonyl (C=O) groups is 1. The van der Waals surface area contributed by atoms with Crippen LogP contribution in [-0.4, -0.2) is 37.4 Å². The molecule has 1 saturated heterocycles. The van der Waals surface area contributed by atoms with E-state index in [2.05, 4.69) is 9.72 Å². The number of benzene rings is 1. The number of carbonyl (C=O) groups excluding carboxylic acids is 1. The van der Waals surface area contributed by atoms with Gasteiger partial charge in [0.25, 0.3) is 0 Å². The molecule has 23 heavy (non-hydrogen) atoms. The minimum atomic E-state index is -0.778. The summed E-state index contributed by atoms with van der Waals surface area (Å²) in [5.74, 6) is -1.12. The SMILES string of the molecule is COC(=O)c1cc(OC2CCOC2)cc(-c2ncc(Cl)s2)c1F. The zero-order valence-electron chi connectivity index (χ0n) is 12.2. The highest BCUT2D eigenvalue weighted by Gasteiger charge is 2.23. The average molecular weight is 358 g/mol. The molecule has 122 valence electrons. The Hall–Kier alpha value is -1.70. The summed E-state index contributed by atoms with van der Waals surface area (Å²) in [6, 6.07) is 2.84. The van der Waals surface area contributed by atoms with Crippen LogP contribution in [0.25, 0.3) is 10.6 Å². The Labute approximate surface area is 141 Å². The van der Waals surface area contributed by atoms with Crippen molar-refractivity contribution < 1.29 is 23.4 Å². The molecule has 0 radical (unpaired) electrons. The highest BCUT2D eigenvalue weighted by Crippen LogP contribution is 2.35. The van der Waals surface area contributed by atoms with Crippen molar-refractivity contribution in [2.24, 2.45) is 0 Å². The van der Waals surface area contributed by atoms with Crippen molar-refractivity contribution in [2.75, 3.05) is 20.3 Å². The van der Waals surface area contributed by atoms with E-state index in [1.165, 1.54) is 25.4 Å². The van der Waals surface area contributed by atoms with Crippen molar-refractivity contribution in [2.45, 2.75) is 12.5 Å². The summed E-state index contributed by atoms with van der Waals surface area (Å²) in [5, 5.41) is 0.366.